The first-order valence-corrected chi connectivity index (χ1v) is 8.67. The van der Waals surface area contributed by atoms with Gasteiger partial charge in [0.2, 0.25) is 11.8 Å². The number of aromatic nitrogens is 2. The number of carbonyl (C=O) groups is 2. The number of thiazole rings is 2. The molecule has 2 rings (SSSR count). The van der Waals surface area contributed by atoms with Crippen LogP contribution in [0.3, 0.4) is 0 Å². The first-order chi connectivity index (χ1) is 10.5. The SMILES string of the molecule is CCC(=O)Nc1nc(CC(=O)Nc2ncc(C(C)C)s2)cs1. The average Bonchev–Trinajstić information content (AvgIpc) is 3.08. The van der Waals surface area contributed by atoms with Crippen LogP contribution in [0.25, 0.3) is 0 Å². The number of nitrogens with one attached hydrogen (secondary N) is 2. The van der Waals surface area contributed by atoms with Crippen LogP contribution >= 0.6 is 22.7 Å². The van der Waals surface area contributed by atoms with Crippen LogP contribution in [-0.4, -0.2) is 21.8 Å². The summed E-state index contributed by atoms with van der Waals surface area (Å²) in [5.74, 6) is 0.143. The summed E-state index contributed by atoms with van der Waals surface area (Å²) in [5, 5.41) is 8.34. The third-order valence-electron chi connectivity index (χ3n) is 2.80. The van der Waals surface area contributed by atoms with Gasteiger partial charge in [0.15, 0.2) is 10.3 Å². The number of amides is 2. The van der Waals surface area contributed by atoms with E-state index in [1.807, 2.05) is 0 Å². The number of anilines is 2. The van der Waals surface area contributed by atoms with Crippen LogP contribution in [0, 0.1) is 0 Å². The lowest BCUT2D eigenvalue weighted by Crippen LogP contribution is -2.14. The van der Waals surface area contributed by atoms with Crippen LogP contribution in [0.15, 0.2) is 11.6 Å². The van der Waals surface area contributed by atoms with Crippen LogP contribution in [0.4, 0.5) is 10.3 Å². The standard InChI is InChI=1S/C14H18N4O2S2/c1-4-11(19)17-14-16-9(7-21-14)5-12(20)18-13-15-6-10(22-13)8(2)3/h6-8H,4-5H2,1-3H3,(H,15,18,20)(H,16,17,19). The van der Waals surface area contributed by atoms with Crippen molar-refractivity contribution in [3.05, 3.63) is 22.1 Å². The summed E-state index contributed by atoms with van der Waals surface area (Å²) in [4.78, 5) is 32.8. The van der Waals surface area contributed by atoms with Crippen molar-refractivity contribution in [3.8, 4) is 0 Å². The Morgan fingerprint density at radius 1 is 1.23 bits per heavy atom. The Kier molecular flexibility index (Phi) is 5.62. The highest BCUT2D eigenvalue weighted by Gasteiger charge is 2.12. The van der Waals surface area contributed by atoms with E-state index in [4.69, 9.17) is 0 Å². The zero-order chi connectivity index (χ0) is 16.1. The van der Waals surface area contributed by atoms with Gasteiger partial charge in [0.1, 0.15) is 0 Å². The van der Waals surface area contributed by atoms with Gasteiger partial charge in [-0.05, 0) is 5.92 Å². The molecule has 2 N–H and O–H groups in total. The number of nitrogens with zero attached hydrogens (tertiary/aromatic N) is 2. The maximum Gasteiger partial charge on any atom is 0.232 e. The lowest BCUT2D eigenvalue weighted by molar-refractivity contribution is -0.116. The Hall–Kier alpha value is -1.80. The largest absolute Gasteiger partial charge is 0.302 e. The van der Waals surface area contributed by atoms with E-state index in [0.29, 0.717) is 28.3 Å². The molecule has 0 aliphatic carbocycles. The van der Waals surface area contributed by atoms with Gasteiger partial charge >= 0.3 is 0 Å². The van der Waals surface area contributed by atoms with E-state index < -0.39 is 0 Å². The molecule has 2 aromatic rings. The van der Waals surface area contributed by atoms with Crippen molar-refractivity contribution >= 4 is 44.8 Å². The molecule has 2 heterocycles. The fourth-order valence-electron chi connectivity index (χ4n) is 1.59. The van der Waals surface area contributed by atoms with E-state index in [1.165, 1.54) is 22.7 Å². The van der Waals surface area contributed by atoms with Crippen LogP contribution in [-0.2, 0) is 16.0 Å². The molecule has 0 aromatic carbocycles. The van der Waals surface area contributed by atoms with Crippen LogP contribution in [0.2, 0.25) is 0 Å². The topological polar surface area (TPSA) is 84.0 Å². The Balaban J connectivity index is 1.90. The van der Waals surface area contributed by atoms with E-state index in [2.05, 4.69) is 34.4 Å². The molecule has 0 bridgehead atoms. The molecule has 6 nitrogen and oxygen atoms in total. The molecule has 2 amide bonds. The fourth-order valence-corrected chi connectivity index (χ4v) is 3.15. The van der Waals surface area contributed by atoms with Crippen LogP contribution in [0.1, 0.15) is 43.7 Å². The molecule has 0 aliphatic heterocycles. The summed E-state index contributed by atoms with van der Waals surface area (Å²) in [6.07, 6.45) is 2.35. The van der Waals surface area contributed by atoms with E-state index in [-0.39, 0.29) is 18.2 Å². The number of carbonyl (C=O) groups excluding carboxylic acids is 2. The van der Waals surface area contributed by atoms with Gasteiger partial charge < -0.3 is 10.6 Å². The first kappa shape index (κ1) is 16.6. The number of hydrogen-bond acceptors (Lipinski definition) is 6. The molecular weight excluding hydrogens is 320 g/mol. The molecule has 0 unspecified atom stereocenters. The van der Waals surface area contributed by atoms with E-state index in [0.717, 1.165) is 4.88 Å². The molecule has 0 fully saturated rings. The molecule has 0 aliphatic rings. The molecular formula is C14H18N4O2S2. The van der Waals surface area contributed by atoms with Crippen molar-refractivity contribution in [1.82, 2.24) is 9.97 Å². The predicted octanol–water partition coefficient (Wildman–Crippen LogP) is 3.25. The maximum atomic E-state index is 12.0. The minimum atomic E-state index is -0.164. The minimum absolute atomic E-state index is 0.0886. The normalized spacial score (nSPS) is 10.7. The number of hydrogen-bond donors (Lipinski definition) is 2. The summed E-state index contributed by atoms with van der Waals surface area (Å²) in [6, 6.07) is 0. The Labute approximate surface area is 137 Å². The summed E-state index contributed by atoms with van der Waals surface area (Å²) < 4.78 is 0. The molecule has 0 atom stereocenters. The smallest absolute Gasteiger partial charge is 0.232 e. The molecule has 0 saturated heterocycles. The minimum Gasteiger partial charge on any atom is -0.302 e. The van der Waals surface area contributed by atoms with Crippen LogP contribution in [0.5, 0.6) is 0 Å². The second-order valence-corrected chi connectivity index (χ2v) is 6.91. The molecule has 2 aromatic heterocycles. The molecule has 22 heavy (non-hydrogen) atoms. The van der Waals surface area contributed by atoms with E-state index >= 15 is 0 Å². The van der Waals surface area contributed by atoms with Gasteiger partial charge in [-0.2, -0.15) is 0 Å². The first-order valence-electron chi connectivity index (χ1n) is 6.97. The fraction of sp³-hybridized carbons (Fsp3) is 0.429. The van der Waals surface area contributed by atoms with Gasteiger partial charge in [-0.1, -0.05) is 20.8 Å². The van der Waals surface area contributed by atoms with Gasteiger partial charge in [0.05, 0.1) is 12.1 Å². The van der Waals surface area contributed by atoms with Crippen molar-refractivity contribution in [2.24, 2.45) is 0 Å². The molecule has 0 radical (unpaired) electrons. The molecule has 0 saturated carbocycles. The maximum absolute atomic E-state index is 12.0. The third-order valence-corrected chi connectivity index (χ3v) is 4.82. The van der Waals surface area contributed by atoms with Gasteiger partial charge in [0.25, 0.3) is 0 Å². The van der Waals surface area contributed by atoms with Gasteiger partial charge in [0, 0.05) is 22.9 Å². The highest BCUT2D eigenvalue weighted by atomic mass is 32.1. The Morgan fingerprint density at radius 2 is 1.95 bits per heavy atom. The molecule has 8 heteroatoms. The summed E-state index contributed by atoms with van der Waals surface area (Å²) >= 11 is 2.79. The summed E-state index contributed by atoms with van der Waals surface area (Å²) in [5.41, 5.74) is 0.634. The third kappa shape index (κ3) is 4.60. The lowest BCUT2D eigenvalue weighted by atomic mass is 10.2. The number of rotatable bonds is 6. The average molecular weight is 338 g/mol. The van der Waals surface area contributed by atoms with Gasteiger partial charge in [-0.25, -0.2) is 9.97 Å². The molecule has 0 spiro atoms. The highest BCUT2D eigenvalue weighted by Crippen LogP contribution is 2.25. The quantitative estimate of drug-likeness (QED) is 0.847. The van der Waals surface area contributed by atoms with Gasteiger partial charge in [-0.3, -0.25) is 9.59 Å². The lowest BCUT2D eigenvalue weighted by Gasteiger charge is -2.00. The Morgan fingerprint density at radius 3 is 2.59 bits per heavy atom. The van der Waals surface area contributed by atoms with Crippen molar-refractivity contribution in [1.29, 1.82) is 0 Å². The summed E-state index contributed by atoms with van der Waals surface area (Å²) in [7, 11) is 0. The van der Waals surface area contributed by atoms with E-state index in [1.54, 1.807) is 18.5 Å². The zero-order valence-corrected chi connectivity index (χ0v) is 14.3. The summed E-state index contributed by atoms with van der Waals surface area (Å²) in [6.45, 7) is 5.94. The monoisotopic (exact) mass is 338 g/mol. The second-order valence-electron chi connectivity index (χ2n) is 4.99. The zero-order valence-electron chi connectivity index (χ0n) is 12.7. The van der Waals surface area contributed by atoms with Crippen molar-refractivity contribution < 1.29 is 9.59 Å². The van der Waals surface area contributed by atoms with Crippen molar-refractivity contribution in [2.45, 2.75) is 39.5 Å². The predicted molar refractivity (Wildman–Crippen MR) is 89.6 cm³/mol. The highest BCUT2D eigenvalue weighted by molar-refractivity contribution is 7.15. The van der Waals surface area contributed by atoms with Gasteiger partial charge in [-0.15, -0.1) is 22.7 Å². The van der Waals surface area contributed by atoms with Crippen molar-refractivity contribution in [3.63, 3.8) is 0 Å². The molecule has 118 valence electrons. The van der Waals surface area contributed by atoms with Crippen LogP contribution < -0.4 is 10.6 Å². The van der Waals surface area contributed by atoms with Crippen molar-refractivity contribution in [2.75, 3.05) is 10.6 Å². The second kappa shape index (κ2) is 7.46. The van der Waals surface area contributed by atoms with E-state index in [9.17, 15) is 9.59 Å². The Bertz CT molecular complexity index is 663.